The summed E-state index contributed by atoms with van der Waals surface area (Å²) in [6, 6.07) is 6.29. The average Bonchev–Trinajstić information content (AvgIpc) is 3.15. The van der Waals surface area contributed by atoms with Crippen LogP contribution < -0.4 is 9.47 Å². The van der Waals surface area contributed by atoms with Crippen molar-refractivity contribution in [2.45, 2.75) is 31.3 Å². The molecule has 1 heterocycles. The van der Waals surface area contributed by atoms with Gasteiger partial charge in [0, 0.05) is 30.5 Å². The Bertz CT molecular complexity index is 565. The second kappa shape index (κ2) is 5.65. The van der Waals surface area contributed by atoms with Crippen molar-refractivity contribution in [2.24, 2.45) is 11.8 Å². The minimum absolute atomic E-state index is 0.227. The number of piperidine rings is 1. The molecule has 0 radical (unpaired) electrons. The summed E-state index contributed by atoms with van der Waals surface area (Å²) >= 11 is 12.0. The van der Waals surface area contributed by atoms with Gasteiger partial charge in [-0.05, 0) is 18.1 Å². The quantitative estimate of drug-likeness (QED) is 0.624. The molecule has 1 saturated carbocycles. The van der Waals surface area contributed by atoms with E-state index in [-0.39, 0.29) is 5.38 Å². The first-order chi connectivity index (χ1) is 10.1. The van der Waals surface area contributed by atoms with Gasteiger partial charge >= 0.3 is 0 Å². The van der Waals surface area contributed by atoms with Gasteiger partial charge in [0.05, 0.1) is 30.6 Å². The van der Waals surface area contributed by atoms with Crippen LogP contribution in [-0.2, 0) is 6.54 Å². The smallest absolute Gasteiger partial charge is 0.127 e. The van der Waals surface area contributed by atoms with Crippen LogP contribution in [0.3, 0.4) is 0 Å². The molecule has 1 aromatic rings. The van der Waals surface area contributed by atoms with Crippen LogP contribution in [-0.4, -0.2) is 35.5 Å². The van der Waals surface area contributed by atoms with E-state index < -0.39 is 0 Å². The van der Waals surface area contributed by atoms with Gasteiger partial charge < -0.3 is 14.4 Å². The van der Waals surface area contributed by atoms with E-state index in [0.29, 0.717) is 17.9 Å². The first-order valence-corrected chi connectivity index (χ1v) is 8.05. The SMILES string of the molecule is COc1ccc(CN2C(=S)C[C@H](C)[C@H]3[C@@H](Cl)[C@H]32)c(OC)c1. The molecule has 0 aromatic heterocycles. The Morgan fingerprint density at radius 1 is 1.33 bits per heavy atom. The number of hydrogen-bond donors (Lipinski definition) is 0. The first kappa shape index (κ1) is 14.9. The van der Waals surface area contributed by atoms with Crippen LogP contribution in [0.25, 0.3) is 0 Å². The molecule has 0 spiro atoms. The molecule has 5 heteroatoms. The van der Waals surface area contributed by atoms with Crippen LogP contribution in [0.4, 0.5) is 0 Å². The number of thiocarbonyl (C=S) groups is 1. The molecule has 0 N–H and O–H groups in total. The molecule has 1 aliphatic heterocycles. The molecule has 0 unspecified atom stereocenters. The molecule has 1 saturated heterocycles. The lowest BCUT2D eigenvalue weighted by Gasteiger charge is -2.32. The van der Waals surface area contributed by atoms with Gasteiger partial charge in [0.2, 0.25) is 0 Å². The fourth-order valence-corrected chi connectivity index (χ4v) is 4.43. The average molecular weight is 326 g/mol. The lowest BCUT2D eigenvalue weighted by atomic mass is 9.97. The fraction of sp³-hybridized carbons (Fsp3) is 0.562. The van der Waals surface area contributed by atoms with E-state index in [4.69, 9.17) is 33.3 Å². The number of nitrogens with zero attached hydrogens (tertiary/aromatic N) is 1. The number of likely N-dealkylation sites (tertiary alicyclic amines) is 1. The zero-order chi connectivity index (χ0) is 15.1. The third-order valence-corrected chi connectivity index (χ3v) is 5.57. The third-order valence-electron chi connectivity index (χ3n) is 4.62. The van der Waals surface area contributed by atoms with E-state index in [1.54, 1.807) is 14.2 Å². The summed E-state index contributed by atoms with van der Waals surface area (Å²) in [5, 5.41) is 0.227. The Balaban J connectivity index is 1.82. The minimum Gasteiger partial charge on any atom is -0.497 e. The maximum atomic E-state index is 6.45. The fourth-order valence-electron chi connectivity index (χ4n) is 3.36. The molecule has 2 fully saturated rings. The van der Waals surface area contributed by atoms with Gasteiger partial charge in [-0.3, -0.25) is 0 Å². The number of ether oxygens (including phenoxy) is 2. The molecule has 3 nitrogen and oxygen atoms in total. The topological polar surface area (TPSA) is 21.7 Å². The number of alkyl halides is 1. The molecule has 3 rings (SSSR count). The van der Waals surface area contributed by atoms with Crippen molar-refractivity contribution in [2.75, 3.05) is 14.2 Å². The summed E-state index contributed by atoms with van der Waals surface area (Å²) in [5.74, 6) is 2.80. The van der Waals surface area contributed by atoms with E-state index in [0.717, 1.165) is 35.0 Å². The molecule has 114 valence electrons. The van der Waals surface area contributed by atoms with Crippen molar-refractivity contribution in [3.8, 4) is 11.5 Å². The van der Waals surface area contributed by atoms with Gasteiger partial charge in [-0.2, -0.15) is 0 Å². The highest BCUT2D eigenvalue weighted by Crippen LogP contribution is 2.51. The Morgan fingerprint density at radius 3 is 2.76 bits per heavy atom. The minimum atomic E-state index is 0.227. The Labute approximate surface area is 136 Å². The molecule has 0 bridgehead atoms. The van der Waals surface area contributed by atoms with Crippen LogP contribution in [0.5, 0.6) is 11.5 Å². The molecule has 21 heavy (non-hydrogen) atoms. The number of hydrogen-bond acceptors (Lipinski definition) is 3. The number of methoxy groups -OCH3 is 2. The van der Waals surface area contributed by atoms with Crippen LogP contribution in [0, 0.1) is 11.8 Å². The predicted octanol–water partition coefficient (Wildman–Crippen LogP) is 3.48. The normalized spacial score (nSPS) is 30.9. The summed E-state index contributed by atoms with van der Waals surface area (Å²) in [6.45, 7) is 3.00. The maximum Gasteiger partial charge on any atom is 0.127 e. The second-order valence-electron chi connectivity index (χ2n) is 5.89. The lowest BCUT2D eigenvalue weighted by Crippen LogP contribution is -2.38. The summed E-state index contributed by atoms with van der Waals surface area (Å²) < 4.78 is 10.7. The summed E-state index contributed by atoms with van der Waals surface area (Å²) in [5.41, 5.74) is 1.12. The zero-order valence-corrected chi connectivity index (χ0v) is 14.1. The van der Waals surface area contributed by atoms with Crippen molar-refractivity contribution in [1.29, 1.82) is 0 Å². The molecular formula is C16H20ClNO2S. The standard InChI is InChI=1S/C16H20ClNO2S/c1-9-6-13(21)18(16-14(9)15(16)17)8-10-4-5-11(19-2)7-12(10)20-3/h4-5,7,9,14-16H,6,8H2,1-3H3/t9-,14-,15+,16-/m0/s1. The summed E-state index contributed by atoms with van der Waals surface area (Å²) in [7, 11) is 3.33. The van der Waals surface area contributed by atoms with E-state index in [1.807, 2.05) is 18.2 Å². The molecule has 1 aromatic carbocycles. The molecule has 1 aliphatic carbocycles. The van der Waals surface area contributed by atoms with Crippen LogP contribution >= 0.6 is 23.8 Å². The van der Waals surface area contributed by atoms with Gasteiger partial charge in [0.25, 0.3) is 0 Å². The lowest BCUT2D eigenvalue weighted by molar-refractivity contribution is 0.307. The maximum absolute atomic E-state index is 6.45. The molecule has 0 amide bonds. The number of benzene rings is 1. The number of rotatable bonds is 4. The van der Waals surface area contributed by atoms with Gasteiger partial charge in [-0.1, -0.05) is 19.1 Å². The molecule has 4 atom stereocenters. The van der Waals surface area contributed by atoms with Gasteiger partial charge in [0.1, 0.15) is 11.5 Å². The van der Waals surface area contributed by atoms with Crippen molar-refractivity contribution >= 4 is 28.8 Å². The number of halogens is 1. The Kier molecular flexibility index (Phi) is 4.02. The molecule has 2 aliphatic rings. The van der Waals surface area contributed by atoms with E-state index in [1.165, 1.54) is 0 Å². The van der Waals surface area contributed by atoms with Gasteiger partial charge in [-0.15, -0.1) is 11.6 Å². The van der Waals surface area contributed by atoms with E-state index in [2.05, 4.69) is 11.8 Å². The monoisotopic (exact) mass is 325 g/mol. The zero-order valence-electron chi connectivity index (χ0n) is 12.5. The third kappa shape index (κ3) is 2.59. The van der Waals surface area contributed by atoms with Crippen LogP contribution in [0.1, 0.15) is 18.9 Å². The summed E-state index contributed by atoms with van der Waals surface area (Å²) in [4.78, 5) is 3.30. The van der Waals surface area contributed by atoms with Gasteiger partial charge in [-0.25, -0.2) is 0 Å². The Morgan fingerprint density at radius 2 is 2.10 bits per heavy atom. The first-order valence-electron chi connectivity index (χ1n) is 7.21. The molecular weight excluding hydrogens is 306 g/mol. The van der Waals surface area contributed by atoms with Crippen molar-refractivity contribution in [1.82, 2.24) is 4.90 Å². The highest BCUT2D eigenvalue weighted by molar-refractivity contribution is 7.80. The second-order valence-corrected chi connectivity index (χ2v) is 6.87. The van der Waals surface area contributed by atoms with Crippen LogP contribution in [0.15, 0.2) is 18.2 Å². The van der Waals surface area contributed by atoms with Gasteiger partial charge in [0.15, 0.2) is 0 Å². The van der Waals surface area contributed by atoms with Crippen molar-refractivity contribution in [3.05, 3.63) is 23.8 Å². The van der Waals surface area contributed by atoms with Crippen LogP contribution in [0.2, 0.25) is 0 Å². The number of fused-ring (bicyclic) bond motifs is 1. The largest absolute Gasteiger partial charge is 0.497 e. The highest BCUT2D eigenvalue weighted by Gasteiger charge is 2.58. The highest BCUT2D eigenvalue weighted by atomic mass is 35.5. The van der Waals surface area contributed by atoms with E-state index >= 15 is 0 Å². The Hall–Kier alpha value is -1.00. The van der Waals surface area contributed by atoms with E-state index in [9.17, 15) is 0 Å². The van der Waals surface area contributed by atoms with Crippen molar-refractivity contribution < 1.29 is 9.47 Å². The van der Waals surface area contributed by atoms with Crippen molar-refractivity contribution in [3.63, 3.8) is 0 Å². The predicted molar refractivity (Wildman–Crippen MR) is 88.4 cm³/mol. The summed E-state index contributed by atoms with van der Waals surface area (Å²) in [6.07, 6.45) is 0.957.